The van der Waals surface area contributed by atoms with Crippen LogP contribution in [0.2, 0.25) is 0 Å². The van der Waals surface area contributed by atoms with E-state index in [0.717, 1.165) is 19.4 Å². The Bertz CT molecular complexity index is 246. The number of nitrogens with zero attached hydrogens (tertiary/aromatic N) is 1. The summed E-state index contributed by atoms with van der Waals surface area (Å²) in [4.78, 5) is 25.3. The molecule has 0 aliphatic carbocycles. The molecule has 1 saturated heterocycles. The normalized spacial score (nSPS) is 18.2. The van der Waals surface area contributed by atoms with Crippen molar-refractivity contribution in [2.45, 2.75) is 31.7 Å². The first kappa shape index (κ1) is 15.9. The fourth-order valence-electron chi connectivity index (χ4n) is 1.50. The summed E-state index contributed by atoms with van der Waals surface area (Å²) >= 11 is 0. The standard InChI is InChI=1S/C9H16N2O5.ClH/c12-9(8-4-3-5-10-8)15-6-1-2-7-16-11(13)14;/h8,10H,1-7H2;1H. The summed E-state index contributed by atoms with van der Waals surface area (Å²) in [6.07, 6.45) is 2.90. The Balaban J connectivity index is 0.00000256. The predicted molar refractivity (Wildman–Crippen MR) is 61.4 cm³/mol. The van der Waals surface area contributed by atoms with Crippen molar-refractivity contribution in [1.82, 2.24) is 5.32 Å². The molecular formula is C9H17ClN2O5. The third-order valence-corrected chi connectivity index (χ3v) is 2.32. The van der Waals surface area contributed by atoms with E-state index >= 15 is 0 Å². The van der Waals surface area contributed by atoms with Gasteiger partial charge in [0.1, 0.15) is 6.04 Å². The van der Waals surface area contributed by atoms with E-state index in [-0.39, 0.29) is 37.6 Å². The highest BCUT2D eigenvalue weighted by atomic mass is 35.5. The lowest BCUT2D eigenvalue weighted by Crippen LogP contribution is -2.32. The van der Waals surface area contributed by atoms with Crippen LogP contribution >= 0.6 is 12.4 Å². The van der Waals surface area contributed by atoms with Gasteiger partial charge in [-0.05, 0) is 32.2 Å². The van der Waals surface area contributed by atoms with E-state index in [0.29, 0.717) is 12.8 Å². The van der Waals surface area contributed by atoms with Crippen molar-refractivity contribution >= 4 is 18.4 Å². The molecule has 0 saturated carbocycles. The van der Waals surface area contributed by atoms with Crippen molar-refractivity contribution < 1.29 is 19.5 Å². The fraction of sp³-hybridized carbons (Fsp3) is 0.889. The molecule has 17 heavy (non-hydrogen) atoms. The number of ether oxygens (including phenoxy) is 1. The maximum atomic E-state index is 11.4. The number of hydrogen-bond donors (Lipinski definition) is 1. The van der Waals surface area contributed by atoms with Crippen molar-refractivity contribution in [3.63, 3.8) is 0 Å². The van der Waals surface area contributed by atoms with E-state index in [9.17, 15) is 14.9 Å². The molecule has 0 amide bonds. The highest BCUT2D eigenvalue weighted by Crippen LogP contribution is 2.06. The molecule has 0 bridgehead atoms. The van der Waals surface area contributed by atoms with E-state index < -0.39 is 5.09 Å². The fourth-order valence-corrected chi connectivity index (χ4v) is 1.50. The van der Waals surface area contributed by atoms with Gasteiger partial charge in [-0.25, -0.2) is 0 Å². The van der Waals surface area contributed by atoms with Crippen molar-refractivity contribution in [1.29, 1.82) is 0 Å². The number of carbonyl (C=O) groups is 1. The van der Waals surface area contributed by atoms with Crippen LogP contribution in [-0.4, -0.2) is 36.9 Å². The topological polar surface area (TPSA) is 90.7 Å². The molecule has 0 aromatic rings. The summed E-state index contributed by atoms with van der Waals surface area (Å²) in [5.41, 5.74) is 0. The number of esters is 1. The largest absolute Gasteiger partial charge is 0.465 e. The van der Waals surface area contributed by atoms with Crippen LogP contribution < -0.4 is 5.32 Å². The Morgan fingerprint density at radius 3 is 2.71 bits per heavy atom. The molecule has 0 radical (unpaired) electrons. The first-order chi connectivity index (χ1) is 7.70. The second-order valence-electron chi connectivity index (χ2n) is 3.58. The summed E-state index contributed by atoms with van der Waals surface area (Å²) in [7, 11) is 0. The van der Waals surface area contributed by atoms with Crippen molar-refractivity contribution in [3.05, 3.63) is 10.1 Å². The second kappa shape index (κ2) is 9.00. The number of halogens is 1. The van der Waals surface area contributed by atoms with Gasteiger partial charge in [-0.2, -0.15) is 0 Å². The van der Waals surface area contributed by atoms with Gasteiger partial charge in [0.2, 0.25) is 0 Å². The maximum Gasteiger partial charge on any atom is 0.323 e. The second-order valence-corrected chi connectivity index (χ2v) is 3.58. The average Bonchev–Trinajstić information content (AvgIpc) is 2.75. The molecule has 0 spiro atoms. The number of hydrogen-bond acceptors (Lipinski definition) is 6. The summed E-state index contributed by atoms with van der Waals surface area (Å²) in [6, 6.07) is -0.171. The summed E-state index contributed by atoms with van der Waals surface area (Å²) in [6.45, 7) is 1.20. The lowest BCUT2D eigenvalue weighted by molar-refractivity contribution is -0.757. The molecule has 1 atom stereocenters. The SMILES string of the molecule is Cl.O=C(OCCCCO[N+](=O)[O-])C1CCCN1. The smallest absolute Gasteiger partial charge is 0.323 e. The van der Waals surface area contributed by atoms with Crippen LogP contribution in [0.15, 0.2) is 0 Å². The van der Waals surface area contributed by atoms with Crippen LogP contribution in [0.5, 0.6) is 0 Å². The molecule has 8 heteroatoms. The van der Waals surface area contributed by atoms with Crippen LogP contribution in [0.1, 0.15) is 25.7 Å². The molecule has 1 rings (SSSR count). The minimum absolute atomic E-state index is 0. The van der Waals surface area contributed by atoms with E-state index in [1.807, 2.05) is 0 Å². The molecular weight excluding hydrogens is 252 g/mol. The van der Waals surface area contributed by atoms with Gasteiger partial charge < -0.3 is 14.9 Å². The van der Waals surface area contributed by atoms with Gasteiger partial charge in [0.25, 0.3) is 5.09 Å². The van der Waals surface area contributed by atoms with E-state index in [1.165, 1.54) is 0 Å². The van der Waals surface area contributed by atoms with Gasteiger partial charge in [-0.15, -0.1) is 22.5 Å². The zero-order chi connectivity index (χ0) is 11.8. The van der Waals surface area contributed by atoms with Gasteiger partial charge in [0.05, 0.1) is 13.2 Å². The average molecular weight is 269 g/mol. The van der Waals surface area contributed by atoms with Gasteiger partial charge in [0, 0.05) is 0 Å². The molecule has 1 N–H and O–H groups in total. The third kappa shape index (κ3) is 6.96. The molecule has 1 fully saturated rings. The van der Waals surface area contributed by atoms with Crippen LogP contribution in [0.4, 0.5) is 0 Å². The Hall–Kier alpha value is -1.08. The van der Waals surface area contributed by atoms with Crippen molar-refractivity contribution in [2.75, 3.05) is 19.8 Å². The Morgan fingerprint density at radius 1 is 1.41 bits per heavy atom. The van der Waals surface area contributed by atoms with E-state index in [4.69, 9.17) is 4.74 Å². The van der Waals surface area contributed by atoms with Gasteiger partial charge in [0.15, 0.2) is 0 Å². The first-order valence-electron chi connectivity index (χ1n) is 5.37. The lowest BCUT2D eigenvalue weighted by atomic mass is 10.2. The minimum Gasteiger partial charge on any atom is -0.465 e. The summed E-state index contributed by atoms with van der Waals surface area (Å²) in [5, 5.41) is 12.0. The first-order valence-corrected chi connectivity index (χ1v) is 5.37. The van der Waals surface area contributed by atoms with Gasteiger partial charge in [-0.1, -0.05) is 0 Å². The van der Waals surface area contributed by atoms with Gasteiger partial charge in [-0.3, -0.25) is 4.79 Å². The highest BCUT2D eigenvalue weighted by molar-refractivity contribution is 5.85. The Morgan fingerprint density at radius 2 is 2.12 bits per heavy atom. The van der Waals surface area contributed by atoms with E-state index in [1.54, 1.807) is 0 Å². The molecule has 100 valence electrons. The number of carbonyl (C=O) groups excluding carboxylic acids is 1. The Labute approximate surface area is 105 Å². The maximum absolute atomic E-state index is 11.4. The highest BCUT2D eigenvalue weighted by Gasteiger charge is 2.22. The zero-order valence-corrected chi connectivity index (χ0v) is 10.2. The minimum atomic E-state index is -0.825. The third-order valence-electron chi connectivity index (χ3n) is 2.32. The van der Waals surface area contributed by atoms with Crippen molar-refractivity contribution in [3.8, 4) is 0 Å². The summed E-state index contributed by atoms with van der Waals surface area (Å²) in [5.74, 6) is -0.229. The molecule has 1 aliphatic rings. The van der Waals surface area contributed by atoms with Gasteiger partial charge >= 0.3 is 5.97 Å². The quantitative estimate of drug-likeness (QED) is 0.316. The molecule has 7 nitrogen and oxygen atoms in total. The van der Waals surface area contributed by atoms with Crippen LogP contribution in [0.25, 0.3) is 0 Å². The molecule has 1 heterocycles. The number of rotatable bonds is 7. The molecule has 1 unspecified atom stereocenters. The molecule has 0 aromatic carbocycles. The number of nitrogens with one attached hydrogen (secondary N) is 1. The molecule has 1 aliphatic heterocycles. The van der Waals surface area contributed by atoms with Crippen LogP contribution in [0, 0.1) is 10.1 Å². The Kier molecular flexibility index (Phi) is 8.43. The van der Waals surface area contributed by atoms with Crippen LogP contribution in [-0.2, 0) is 14.4 Å². The lowest BCUT2D eigenvalue weighted by Gasteiger charge is -2.09. The molecule has 0 aromatic heterocycles. The van der Waals surface area contributed by atoms with Crippen LogP contribution in [0.3, 0.4) is 0 Å². The number of unbranched alkanes of at least 4 members (excludes halogenated alkanes) is 1. The van der Waals surface area contributed by atoms with E-state index in [2.05, 4.69) is 10.2 Å². The zero-order valence-electron chi connectivity index (χ0n) is 9.42. The summed E-state index contributed by atoms with van der Waals surface area (Å²) < 4.78 is 5.01. The van der Waals surface area contributed by atoms with Crippen molar-refractivity contribution in [2.24, 2.45) is 0 Å². The monoisotopic (exact) mass is 268 g/mol. The predicted octanol–water partition coefficient (Wildman–Crippen LogP) is 0.692.